The van der Waals surface area contributed by atoms with Crippen LogP contribution in [0.1, 0.15) is 44.0 Å². The van der Waals surface area contributed by atoms with Crippen molar-refractivity contribution >= 4 is 0 Å². The lowest BCUT2D eigenvalue weighted by molar-refractivity contribution is 0.630. The SMILES string of the molecule is CCCCn1cnc(CCCCc2c[nH]cn2)c1. The molecule has 0 aliphatic rings. The first-order valence-corrected chi connectivity index (χ1v) is 6.87. The zero-order chi connectivity index (χ0) is 12.6. The van der Waals surface area contributed by atoms with Crippen molar-refractivity contribution in [1.82, 2.24) is 19.5 Å². The van der Waals surface area contributed by atoms with Gasteiger partial charge in [0.15, 0.2) is 0 Å². The molecule has 0 bridgehead atoms. The number of unbranched alkanes of at least 4 members (excludes halogenated alkanes) is 2. The maximum absolute atomic E-state index is 4.44. The summed E-state index contributed by atoms with van der Waals surface area (Å²) < 4.78 is 2.20. The van der Waals surface area contributed by atoms with Gasteiger partial charge in [-0.3, -0.25) is 0 Å². The van der Waals surface area contributed by atoms with Gasteiger partial charge in [0, 0.05) is 18.9 Å². The Morgan fingerprint density at radius 2 is 1.94 bits per heavy atom. The van der Waals surface area contributed by atoms with Gasteiger partial charge < -0.3 is 9.55 Å². The number of aromatic amines is 1. The second-order valence-electron chi connectivity index (χ2n) is 4.72. The molecule has 0 radical (unpaired) electrons. The van der Waals surface area contributed by atoms with Crippen molar-refractivity contribution in [3.63, 3.8) is 0 Å². The van der Waals surface area contributed by atoms with Crippen molar-refractivity contribution in [3.05, 3.63) is 36.4 Å². The molecule has 0 unspecified atom stereocenters. The molecule has 2 rings (SSSR count). The van der Waals surface area contributed by atoms with E-state index in [4.69, 9.17) is 0 Å². The summed E-state index contributed by atoms with van der Waals surface area (Å²) in [7, 11) is 0. The molecule has 0 spiro atoms. The van der Waals surface area contributed by atoms with Crippen molar-refractivity contribution in [1.29, 1.82) is 0 Å². The van der Waals surface area contributed by atoms with Gasteiger partial charge in [-0.2, -0.15) is 0 Å². The molecule has 2 heterocycles. The number of hydrogen-bond donors (Lipinski definition) is 1. The highest BCUT2D eigenvalue weighted by atomic mass is 15.0. The minimum atomic E-state index is 1.06. The quantitative estimate of drug-likeness (QED) is 0.728. The van der Waals surface area contributed by atoms with Crippen LogP contribution in [0, 0.1) is 0 Å². The summed E-state index contributed by atoms with van der Waals surface area (Å²) in [5.41, 5.74) is 2.37. The fourth-order valence-electron chi connectivity index (χ4n) is 2.04. The van der Waals surface area contributed by atoms with E-state index in [9.17, 15) is 0 Å². The van der Waals surface area contributed by atoms with Gasteiger partial charge in [0.2, 0.25) is 0 Å². The standard InChI is InChI=1S/C14H22N4/c1-2-3-8-18-10-14(17-12-18)7-5-4-6-13-9-15-11-16-13/h9-12H,2-8H2,1H3,(H,15,16). The number of hydrogen-bond acceptors (Lipinski definition) is 2. The van der Waals surface area contributed by atoms with Gasteiger partial charge in [-0.25, -0.2) is 9.97 Å². The smallest absolute Gasteiger partial charge is 0.0949 e. The maximum Gasteiger partial charge on any atom is 0.0949 e. The molecule has 18 heavy (non-hydrogen) atoms. The number of rotatable bonds is 8. The predicted octanol–water partition coefficient (Wildman–Crippen LogP) is 2.97. The van der Waals surface area contributed by atoms with Gasteiger partial charge in [0.25, 0.3) is 0 Å². The Bertz CT molecular complexity index is 430. The van der Waals surface area contributed by atoms with E-state index in [-0.39, 0.29) is 0 Å². The number of aromatic nitrogens is 4. The lowest BCUT2D eigenvalue weighted by Crippen LogP contribution is -1.93. The number of nitrogens with zero attached hydrogens (tertiary/aromatic N) is 3. The molecule has 0 atom stereocenters. The monoisotopic (exact) mass is 246 g/mol. The number of imidazole rings is 2. The maximum atomic E-state index is 4.44. The highest BCUT2D eigenvalue weighted by molar-refractivity contribution is 4.98. The molecule has 0 amide bonds. The van der Waals surface area contributed by atoms with Gasteiger partial charge in [-0.15, -0.1) is 0 Å². The normalized spacial score (nSPS) is 10.9. The van der Waals surface area contributed by atoms with E-state index in [1.54, 1.807) is 6.33 Å². The van der Waals surface area contributed by atoms with Crippen molar-refractivity contribution in [3.8, 4) is 0 Å². The summed E-state index contributed by atoms with van der Waals surface area (Å²) in [6.07, 6.45) is 14.8. The van der Waals surface area contributed by atoms with Crippen LogP contribution >= 0.6 is 0 Å². The van der Waals surface area contributed by atoms with Gasteiger partial charge in [-0.05, 0) is 32.1 Å². The summed E-state index contributed by atoms with van der Waals surface area (Å²) in [6.45, 7) is 3.31. The Morgan fingerprint density at radius 1 is 1.11 bits per heavy atom. The van der Waals surface area contributed by atoms with Crippen molar-refractivity contribution in [2.75, 3.05) is 0 Å². The largest absolute Gasteiger partial charge is 0.351 e. The van der Waals surface area contributed by atoms with Gasteiger partial charge in [0.05, 0.1) is 24.0 Å². The van der Waals surface area contributed by atoms with Gasteiger partial charge in [0.1, 0.15) is 0 Å². The summed E-state index contributed by atoms with van der Waals surface area (Å²) in [6, 6.07) is 0. The topological polar surface area (TPSA) is 46.5 Å². The van der Waals surface area contributed by atoms with E-state index in [1.165, 1.54) is 31.4 Å². The first-order valence-electron chi connectivity index (χ1n) is 6.87. The van der Waals surface area contributed by atoms with Crippen LogP contribution < -0.4 is 0 Å². The average Bonchev–Trinajstić information content (AvgIpc) is 3.04. The summed E-state index contributed by atoms with van der Waals surface area (Å²) in [5, 5.41) is 0. The molecule has 4 heteroatoms. The third kappa shape index (κ3) is 4.02. The summed E-state index contributed by atoms with van der Waals surface area (Å²) in [4.78, 5) is 11.7. The van der Waals surface area contributed by atoms with Crippen LogP contribution in [-0.2, 0) is 19.4 Å². The fourth-order valence-corrected chi connectivity index (χ4v) is 2.04. The first kappa shape index (κ1) is 12.9. The zero-order valence-corrected chi connectivity index (χ0v) is 11.1. The number of aryl methyl sites for hydroxylation is 3. The van der Waals surface area contributed by atoms with Crippen molar-refractivity contribution in [2.24, 2.45) is 0 Å². The highest BCUT2D eigenvalue weighted by Gasteiger charge is 2.00. The number of nitrogens with one attached hydrogen (secondary N) is 1. The second kappa shape index (κ2) is 6.99. The zero-order valence-electron chi connectivity index (χ0n) is 11.1. The Morgan fingerprint density at radius 3 is 2.67 bits per heavy atom. The Balaban J connectivity index is 1.65. The van der Waals surface area contributed by atoms with Crippen LogP contribution in [0.25, 0.3) is 0 Å². The number of H-pyrrole nitrogens is 1. The third-order valence-corrected chi connectivity index (χ3v) is 3.13. The second-order valence-corrected chi connectivity index (χ2v) is 4.72. The predicted molar refractivity (Wildman–Crippen MR) is 72.4 cm³/mol. The lowest BCUT2D eigenvalue weighted by atomic mass is 10.1. The van der Waals surface area contributed by atoms with Crippen LogP contribution in [0.15, 0.2) is 25.0 Å². The lowest BCUT2D eigenvalue weighted by Gasteiger charge is -1.98. The van der Waals surface area contributed by atoms with E-state index < -0.39 is 0 Å². The molecule has 4 nitrogen and oxygen atoms in total. The van der Waals surface area contributed by atoms with E-state index >= 15 is 0 Å². The van der Waals surface area contributed by atoms with Crippen LogP contribution in [0.5, 0.6) is 0 Å². The fraction of sp³-hybridized carbons (Fsp3) is 0.571. The van der Waals surface area contributed by atoms with Crippen LogP contribution in [-0.4, -0.2) is 19.5 Å². The summed E-state index contributed by atoms with van der Waals surface area (Å²) in [5.74, 6) is 0. The molecule has 2 aromatic rings. The molecule has 0 aromatic carbocycles. The molecule has 1 N–H and O–H groups in total. The first-order chi connectivity index (χ1) is 8.88. The molecule has 0 saturated heterocycles. The van der Waals surface area contributed by atoms with Crippen LogP contribution in [0.3, 0.4) is 0 Å². The highest BCUT2D eigenvalue weighted by Crippen LogP contribution is 2.06. The van der Waals surface area contributed by atoms with Gasteiger partial charge in [-0.1, -0.05) is 13.3 Å². The molecule has 0 aliphatic carbocycles. The molecular weight excluding hydrogens is 224 g/mol. The Hall–Kier alpha value is -1.58. The Labute approximate surface area is 108 Å². The minimum absolute atomic E-state index is 1.06. The molecule has 0 aliphatic heterocycles. The molecule has 0 fully saturated rings. The van der Waals surface area contributed by atoms with Crippen LogP contribution in [0.2, 0.25) is 0 Å². The molecule has 0 saturated carbocycles. The molecule has 98 valence electrons. The molecule has 2 aromatic heterocycles. The molecular formula is C14H22N4. The van der Waals surface area contributed by atoms with Gasteiger partial charge >= 0.3 is 0 Å². The van der Waals surface area contributed by atoms with E-state index in [2.05, 4.69) is 32.6 Å². The third-order valence-electron chi connectivity index (χ3n) is 3.13. The Kier molecular flexibility index (Phi) is 5.00. The van der Waals surface area contributed by atoms with E-state index in [1.807, 2.05) is 12.5 Å². The average molecular weight is 246 g/mol. The summed E-state index contributed by atoms with van der Waals surface area (Å²) >= 11 is 0. The van der Waals surface area contributed by atoms with Crippen molar-refractivity contribution < 1.29 is 0 Å². The van der Waals surface area contributed by atoms with E-state index in [0.29, 0.717) is 0 Å². The minimum Gasteiger partial charge on any atom is -0.351 e. The van der Waals surface area contributed by atoms with E-state index in [0.717, 1.165) is 25.1 Å². The van der Waals surface area contributed by atoms with Crippen LogP contribution in [0.4, 0.5) is 0 Å². The van der Waals surface area contributed by atoms with Crippen molar-refractivity contribution in [2.45, 2.75) is 52.0 Å².